The molecule has 2 aromatic rings. The molecular weight excluding hydrogens is 233 g/mol. The van der Waals surface area contributed by atoms with E-state index in [4.69, 9.17) is 5.11 Å². The molecule has 0 aliphatic carbocycles. The first-order chi connectivity index (χ1) is 8.70. The molecule has 0 aliphatic heterocycles. The summed E-state index contributed by atoms with van der Waals surface area (Å²) in [4.78, 5) is 7.61. The van der Waals surface area contributed by atoms with E-state index >= 15 is 0 Å². The van der Waals surface area contributed by atoms with E-state index in [1.807, 2.05) is 24.3 Å². The molecule has 0 amide bonds. The van der Waals surface area contributed by atoms with Crippen LogP contribution in [0.4, 0.5) is 10.2 Å². The zero-order valence-electron chi connectivity index (χ0n) is 10.0. The summed E-state index contributed by atoms with van der Waals surface area (Å²) in [6.07, 6.45) is 1.33. The maximum atomic E-state index is 13.6. The smallest absolute Gasteiger partial charge is 0.186 e. The molecule has 94 valence electrons. The van der Waals surface area contributed by atoms with Gasteiger partial charge in [0, 0.05) is 6.54 Å². The molecule has 4 nitrogen and oxygen atoms in total. The van der Waals surface area contributed by atoms with Gasteiger partial charge < -0.3 is 10.4 Å². The minimum absolute atomic E-state index is 0.0213. The molecule has 0 bridgehead atoms. The van der Waals surface area contributed by atoms with E-state index in [0.29, 0.717) is 12.2 Å². The lowest BCUT2D eigenvalue weighted by molar-refractivity contribution is 0.282. The van der Waals surface area contributed by atoms with Gasteiger partial charge in [0.25, 0.3) is 0 Å². The second kappa shape index (κ2) is 5.55. The molecule has 1 heterocycles. The molecule has 2 rings (SSSR count). The van der Waals surface area contributed by atoms with Gasteiger partial charge in [0.05, 0.1) is 12.3 Å². The largest absolute Gasteiger partial charge is 0.392 e. The first kappa shape index (κ1) is 12.4. The average Bonchev–Trinajstić information content (AvgIpc) is 2.41. The Morgan fingerprint density at radius 2 is 1.83 bits per heavy atom. The number of benzene rings is 1. The predicted octanol–water partition coefficient (Wildman–Crippen LogP) is 2.03. The first-order valence-electron chi connectivity index (χ1n) is 5.60. The maximum Gasteiger partial charge on any atom is 0.186 e. The van der Waals surface area contributed by atoms with E-state index in [9.17, 15) is 4.39 Å². The highest BCUT2D eigenvalue weighted by Gasteiger charge is 2.06. The van der Waals surface area contributed by atoms with Crippen LogP contribution in [0.15, 0.2) is 30.6 Å². The Morgan fingerprint density at radius 3 is 2.50 bits per heavy atom. The highest BCUT2D eigenvalue weighted by molar-refractivity contribution is 5.38. The van der Waals surface area contributed by atoms with E-state index in [2.05, 4.69) is 15.3 Å². The van der Waals surface area contributed by atoms with Crippen LogP contribution in [0.2, 0.25) is 0 Å². The first-order valence-corrected chi connectivity index (χ1v) is 5.60. The molecule has 0 saturated heterocycles. The average molecular weight is 247 g/mol. The van der Waals surface area contributed by atoms with Gasteiger partial charge in [-0.3, -0.25) is 0 Å². The fraction of sp³-hybridized carbons (Fsp3) is 0.231. The number of halogens is 1. The molecule has 5 heteroatoms. The van der Waals surface area contributed by atoms with Gasteiger partial charge in [-0.1, -0.05) is 24.3 Å². The van der Waals surface area contributed by atoms with Crippen LogP contribution in [0.1, 0.15) is 16.8 Å². The number of aliphatic hydroxyl groups excluding tert-OH is 1. The molecule has 18 heavy (non-hydrogen) atoms. The number of aromatic nitrogens is 2. The lowest BCUT2D eigenvalue weighted by atomic mass is 10.1. The van der Waals surface area contributed by atoms with Gasteiger partial charge in [-0.2, -0.15) is 0 Å². The maximum absolute atomic E-state index is 13.6. The van der Waals surface area contributed by atoms with Crippen LogP contribution in [-0.2, 0) is 13.2 Å². The molecule has 1 aromatic carbocycles. The zero-order chi connectivity index (χ0) is 13.0. The lowest BCUT2D eigenvalue weighted by Gasteiger charge is -2.07. The van der Waals surface area contributed by atoms with Crippen molar-refractivity contribution in [1.82, 2.24) is 9.97 Å². The molecule has 1 aromatic heterocycles. The highest BCUT2D eigenvalue weighted by atomic mass is 19.1. The van der Waals surface area contributed by atoms with Crippen molar-refractivity contribution in [3.8, 4) is 0 Å². The minimum Gasteiger partial charge on any atom is -0.392 e. The number of anilines is 1. The summed E-state index contributed by atoms with van der Waals surface area (Å²) < 4.78 is 13.6. The van der Waals surface area contributed by atoms with Gasteiger partial charge >= 0.3 is 0 Å². The molecule has 0 unspecified atom stereocenters. The Morgan fingerprint density at radius 1 is 1.17 bits per heavy atom. The quantitative estimate of drug-likeness (QED) is 0.868. The van der Waals surface area contributed by atoms with Crippen LogP contribution >= 0.6 is 0 Å². The zero-order valence-corrected chi connectivity index (χ0v) is 10.0. The van der Waals surface area contributed by atoms with Crippen LogP contribution in [0, 0.1) is 12.7 Å². The van der Waals surface area contributed by atoms with E-state index in [1.165, 1.54) is 6.33 Å². The standard InChI is InChI=1S/C13H14FN3O/c1-9-12(14)13(17-8-16-9)15-6-10-2-4-11(7-18)5-3-10/h2-5,8,18H,6-7H2,1H3,(H,15,16,17). The molecule has 0 fully saturated rings. The summed E-state index contributed by atoms with van der Waals surface area (Å²) in [6.45, 7) is 2.09. The highest BCUT2D eigenvalue weighted by Crippen LogP contribution is 2.13. The van der Waals surface area contributed by atoms with E-state index < -0.39 is 5.82 Å². The van der Waals surface area contributed by atoms with Crippen molar-refractivity contribution >= 4 is 5.82 Å². The molecule has 0 atom stereocenters. The Kier molecular flexibility index (Phi) is 3.84. The number of aryl methyl sites for hydroxylation is 1. The monoisotopic (exact) mass is 247 g/mol. The van der Waals surface area contributed by atoms with Gasteiger partial charge in [0.1, 0.15) is 6.33 Å². The fourth-order valence-electron chi connectivity index (χ4n) is 1.53. The van der Waals surface area contributed by atoms with Gasteiger partial charge in [-0.15, -0.1) is 0 Å². The van der Waals surface area contributed by atoms with Gasteiger partial charge in [0.2, 0.25) is 0 Å². The van der Waals surface area contributed by atoms with Crippen LogP contribution < -0.4 is 5.32 Å². The molecule has 0 aliphatic rings. The van der Waals surface area contributed by atoms with Crippen molar-refractivity contribution in [3.05, 3.63) is 53.2 Å². The number of nitrogens with zero attached hydrogens (tertiary/aromatic N) is 2. The lowest BCUT2D eigenvalue weighted by Crippen LogP contribution is -2.05. The van der Waals surface area contributed by atoms with Crippen molar-refractivity contribution < 1.29 is 9.50 Å². The molecule has 0 saturated carbocycles. The van der Waals surface area contributed by atoms with E-state index in [1.54, 1.807) is 6.92 Å². The van der Waals surface area contributed by atoms with Gasteiger partial charge in [-0.25, -0.2) is 14.4 Å². The molecule has 2 N–H and O–H groups in total. The van der Waals surface area contributed by atoms with Gasteiger partial charge in [0.15, 0.2) is 11.6 Å². The van der Waals surface area contributed by atoms with Crippen molar-refractivity contribution in [1.29, 1.82) is 0 Å². The minimum atomic E-state index is -0.426. The Labute approximate surface area is 105 Å². The fourth-order valence-corrected chi connectivity index (χ4v) is 1.53. The Hall–Kier alpha value is -2.01. The number of hydrogen-bond donors (Lipinski definition) is 2. The normalized spacial score (nSPS) is 10.4. The van der Waals surface area contributed by atoms with Crippen molar-refractivity contribution in [2.75, 3.05) is 5.32 Å². The second-order valence-corrected chi connectivity index (χ2v) is 3.95. The number of aliphatic hydroxyl groups is 1. The Balaban J connectivity index is 2.04. The summed E-state index contributed by atoms with van der Waals surface area (Å²) in [6, 6.07) is 7.42. The van der Waals surface area contributed by atoms with Crippen molar-refractivity contribution in [2.24, 2.45) is 0 Å². The van der Waals surface area contributed by atoms with Crippen LogP contribution in [0.3, 0.4) is 0 Å². The van der Waals surface area contributed by atoms with E-state index in [-0.39, 0.29) is 12.4 Å². The van der Waals surface area contributed by atoms with Crippen LogP contribution in [-0.4, -0.2) is 15.1 Å². The third-order valence-corrected chi connectivity index (χ3v) is 2.63. The summed E-state index contributed by atoms with van der Waals surface area (Å²) >= 11 is 0. The van der Waals surface area contributed by atoms with Crippen LogP contribution in [0.5, 0.6) is 0 Å². The molecule has 0 spiro atoms. The molecular formula is C13H14FN3O. The summed E-state index contributed by atoms with van der Waals surface area (Å²) in [5, 5.41) is 11.8. The number of rotatable bonds is 4. The summed E-state index contributed by atoms with van der Waals surface area (Å²) in [5.41, 5.74) is 2.16. The number of hydrogen-bond acceptors (Lipinski definition) is 4. The second-order valence-electron chi connectivity index (χ2n) is 3.95. The van der Waals surface area contributed by atoms with Gasteiger partial charge in [-0.05, 0) is 18.1 Å². The van der Waals surface area contributed by atoms with Crippen molar-refractivity contribution in [2.45, 2.75) is 20.1 Å². The van der Waals surface area contributed by atoms with E-state index in [0.717, 1.165) is 11.1 Å². The SMILES string of the molecule is Cc1ncnc(NCc2ccc(CO)cc2)c1F. The topological polar surface area (TPSA) is 58.0 Å². The Bertz CT molecular complexity index is 528. The third-order valence-electron chi connectivity index (χ3n) is 2.63. The number of nitrogens with one attached hydrogen (secondary N) is 1. The van der Waals surface area contributed by atoms with Crippen LogP contribution in [0.25, 0.3) is 0 Å². The van der Waals surface area contributed by atoms with Crippen molar-refractivity contribution in [3.63, 3.8) is 0 Å². The summed E-state index contributed by atoms with van der Waals surface area (Å²) in [7, 11) is 0. The molecule has 0 radical (unpaired) electrons. The predicted molar refractivity (Wildman–Crippen MR) is 66.4 cm³/mol. The summed E-state index contributed by atoms with van der Waals surface area (Å²) in [5.74, 6) is -0.224. The third kappa shape index (κ3) is 2.81.